The van der Waals surface area contributed by atoms with Gasteiger partial charge in [0.25, 0.3) is 0 Å². The first-order valence-corrected chi connectivity index (χ1v) is 14.2. The molecule has 0 unspecified atom stereocenters. The number of hydrogen-bond donors (Lipinski definition) is 1. The van der Waals surface area contributed by atoms with E-state index in [2.05, 4.69) is 19.1 Å². The number of benzene rings is 2. The van der Waals surface area contributed by atoms with Gasteiger partial charge in [0.15, 0.2) is 6.61 Å². The van der Waals surface area contributed by atoms with Gasteiger partial charge in [0.2, 0.25) is 5.91 Å². The summed E-state index contributed by atoms with van der Waals surface area (Å²) in [6.45, 7) is 1.85. The van der Waals surface area contributed by atoms with Crippen molar-refractivity contribution in [3.8, 4) is 5.75 Å². The lowest BCUT2D eigenvalue weighted by atomic mass is 10.1. The van der Waals surface area contributed by atoms with E-state index in [1.807, 2.05) is 30.3 Å². The summed E-state index contributed by atoms with van der Waals surface area (Å²) in [6, 6.07) is 13.3. The van der Waals surface area contributed by atoms with E-state index in [-0.39, 0.29) is 5.91 Å². The topological polar surface area (TPSA) is 68.5 Å². The molecule has 0 saturated carbocycles. The molecule has 200 valence electrons. The van der Waals surface area contributed by atoms with Crippen molar-refractivity contribution in [2.75, 3.05) is 6.61 Å². The van der Waals surface area contributed by atoms with Crippen LogP contribution in [0.5, 0.6) is 5.75 Å². The lowest BCUT2D eigenvalue weighted by Crippen LogP contribution is -2.11. The molecule has 0 spiro atoms. The zero-order valence-corrected chi connectivity index (χ0v) is 22.4. The van der Waals surface area contributed by atoms with Gasteiger partial charge in [0.1, 0.15) is 5.75 Å². The molecule has 3 aromatic rings. The van der Waals surface area contributed by atoms with Gasteiger partial charge in [-0.3, -0.25) is 9.36 Å². The van der Waals surface area contributed by atoms with Crippen molar-refractivity contribution in [2.24, 2.45) is 0 Å². The third kappa shape index (κ3) is 9.07. The third-order valence-corrected chi connectivity index (χ3v) is 6.91. The van der Waals surface area contributed by atoms with E-state index in [4.69, 9.17) is 9.84 Å². The Morgan fingerprint density at radius 3 is 2.11 bits per heavy atom. The van der Waals surface area contributed by atoms with Crippen molar-refractivity contribution in [3.05, 3.63) is 54.6 Å². The van der Waals surface area contributed by atoms with Crippen LogP contribution in [-0.2, 0) is 4.79 Å². The number of allylic oxidation sites excluding steroid dienone is 2. The Balaban J connectivity index is 1.42. The summed E-state index contributed by atoms with van der Waals surface area (Å²) >= 11 is 0. The molecule has 0 aliphatic carbocycles. The van der Waals surface area contributed by atoms with Crippen LogP contribution >= 0.6 is 0 Å². The molecule has 0 amide bonds. The standard InChI is InChI=1S/C32H43NO4/c1-2-3-4-5-6-7-8-9-10-11-12-13-14-15-16-21-31(34)33-29-20-18-17-19-27(29)28-23-22-26(24-30(28)33)37-25-32(35)36/h9-10,17-20,22-24H,2-8,11-16,21,25H2,1H3,(H,35,36)/b10-9+. The summed E-state index contributed by atoms with van der Waals surface area (Å²) in [4.78, 5) is 24.1. The number of hydrogen-bond acceptors (Lipinski definition) is 3. The highest BCUT2D eigenvalue weighted by atomic mass is 16.5. The van der Waals surface area contributed by atoms with Crippen molar-refractivity contribution >= 4 is 33.7 Å². The molecular weight excluding hydrogens is 462 g/mol. The Labute approximate surface area is 221 Å². The lowest BCUT2D eigenvalue weighted by Gasteiger charge is -2.08. The van der Waals surface area contributed by atoms with E-state index in [1.54, 1.807) is 16.7 Å². The molecule has 5 heteroatoms. The van der Waals surface area contributed by atoms with E-state index >= 15 is 0 Å². The van der Waals surface area contributed by atoms with Crippen molar-refractivity contribution in [2.45, 2.75) is 96.8 Å². The molecule has 2 aromatic carbocycles. The number of ether oxygens (including phenoxy) is 1. The summed E-state index contributed by atoms with van der Waals surface area (Å²) < 4.78 is 7.14. The largest absolute Gasteiger partial charge is 0.482 e. The predicted octanol–water partition coefficient (Wildman–Crippen LogP) is 8.94. The molecule has 0 fully saturated rings. The lowest BCUT2D eigenvalue weighted by molar-refractivity contribution is -0.139. The molecule has 37 heavy (non-hydrogen) atoms. The van der Waals surface area contributed by atoms with Crippen LogP contribution in [0.15, 0.2) is 54.6 Å². The molecule has 1 aromatic heterocycles. The maximum atomic E-state index is 13.3. The first kappa shape index (κ1) is 28.5. The molecule has 0 bridgehead atoms. The second-order valence-electron chi connectivity index (χ2n) is 9.94. The summed E-state index contributed by atoms with van der Waals surface area (Å²) in [7, 11) is 0. The van der Waals surface area contributed by atoms with Gasteiger partial charge in [0.05, 0.1) is 11.0 Å². The van der Waals surface area contributed by atoms with Crippen LogP contribution in [0.25, 0.3) is 21.8 Å². The molecule has 5 nitrogen and oxygen atoms in total. The first-order valence-electron chi connectivity index (χ1n) is 14.2. The highest BCUT2D eigenvalue weighted by Crippen LogP contribution is 2.32. The summed E-state index contributed by atoms with van der Waals surface area (Å²) in [5, 5.41) is 10.9. The molecule has 0 aliphatic rings. The van der Waals surface area contributed by atoms with Crippen LogP contribution in [0.1, 0.15) is 102 Å². The van der Waals surface area contributed by atoms with E-state index in [1.165, 1.54) is 57.8 Å². The van der Waals surface area contributed by atoms with Gasteiger partial charge in [-0.25, -0.2) is 4.79 Å². The average Bonchev–Trinajstić information content (AvgIpc) is 3.23. The summed E-state index contributed by atoms with van der Waals surface area (Å²) in [5.74, 6) is -0.507. The van der Waals surface area contributed by atoms with E-state index in [0.717, 1.165) is 47.5 Å². The average molecular weight is 506 g/mol. The number of nitrogens with zero attached hydrogens (tertiary/aromatic N) is 1. The Bertz CT molecular complexity index is 1160. The fourth-order valence-corrected chi connectivity index (χ4v) is 4.91. The number of carbonyl (C=O) groups excluding carboxylic acids is 1. The van der Waals surface area contributed by atoms with Crippen molar-refractivity contribution in [1.82, 2.24) is 4.57 Å². The number of fused-ring (bicyclic) bond motifs is 3. The smallest absolute Gasteiger partial charge is 0.341 e. The van der Waals surface area contributed by atoms with Crippen molar-refractivity contribution in [1.29, 1.82) is 0 Å². The van der Waals surface area contributed by atoms with Crippen molar-refractivity contribution < 1.29 is 19.4 Å². The minimum atomic E-state index is -1.03. The number of unbranched alkanes of at least 4 members (excludes halogenated alkanes) is 11. The number of rotatable bonds is 18. The van der Waals surface area contributed by atoms with Crippen LogP contribution in [0.4, 0.5) is 0 Å². The van der Waals surface area contributed by atoms with Gasteiger partial charge >= 0.3 is 5.97 Å². The second-order valence-corrected chi connectivity index (χ2v) is 9.94. The van der Waals surface area contributed by atoms with Crippen LogP contribution in [0, 0.1) is 0 Å². The molecular formula is C32H43NO4. The molecule has 0 atom stereocenters. The number of carboxylic acid groups (broad SMARTS) is 1. The third-order valence-electron chi connectivity index (χ3n) is 6.91. The zero-order chi connectivity index (χ0) is 26.3. The van der Waals surface area contributed by atoms with Crippen LogP contribution < -0.4 is 4.74 Å². The Morgan fingerprint density at radius 2 is 1.41 bits per heavy atom. The minimum absolute atomic E-state index is 0.0687. The van der Waals surface area contributed by atoms with Crippen LogP contribution in [0.3, 0.4) is 0 Å². The van der Waals surface area contributed by atoms with Gasteiger partial charge in [0, 0.05) is 23.3 Å². The maximum absolute atomic E-state index is 13.3. The Kier molecular flexibility index (Phi) is 12.2. The normalized spacial score (nSPS) is 11.6. The monoisotopic (exact) mass is 505 g/mol. The molecule has 0 radical (unpaired) electrons. The van der Waals surface area contributed by atoms with Crippen LogP contribution in [-0.4, -0.2) is 28.2 Å². The number of aliphatic carboxylic acids is 1. The fourth-order valence-electron chi connectivity index (χ4n) is 4.91. The maximum Gasteiger partial charge on any atom is 0.341 e. The Morgan fingerprint density at radius 1 is 0.784 bits per heavy atom. The van der Waals surface area contributed by atoms with E-state index < -0.39 is 12.6 Å². The van der Waals surface area contributed by atoms with Gasteiger partial charge < -0.3 is 9.84 Å². The fraction of sp³-hybridized carbons (Fsp3) is 0.500. The number of carbonyl (C=O) groups is 2. The van der Waals surface area contributed by atoms with Crippen molar-refractivity contribution in [3.63, 3.8) is 0 Å². The molecule has 3 rings (SSSR count). The zero-order valence-electron chi connectivity index (χ0n) is 22.4. The summed E-state index contributed by atoms with van der Waals surface area (Å²) in [5.41, 5.74) is 1.65. The van der Waals surface area contributed by atoms with Gasteiger partial charge in [-0.2, -0.15) is 0 Å². The summed E-state index contributed by atoms with van der Waals surface area (Å²) in [6.07, 6.45) is 21.2. The molecule has 0 aliphatic heterocycles. The van der Waals surface area contributed by atoms with Gasteiger partial charge in [-0.15, -0.1) is 0 Å². The minimum Gasteiger partial charge on any atom is -0.482 e. The highest BCUT2D eigenvalue weighted by molar-refractivity contribution is 6.13. The molecule has 1 heterocycles. The second kappa shape index (κ2) is 15.9. The molecule has 0 saturated heterocycles. The SMILES string of the molecule is CCCCCCCC/C=C/CCCCCCCC(=O)n1c2ccccc2c2ccc(OCC(=O)O)cc21. The van der Waals surface area contributed by atoms with Crippen LogP contribution in [0.2, 0.25) is 0 Å². The number of para-hydroxylation sites is 1. The van der Waals surface area contributed by atoms with E-state index in [0.29, 0.717) is 12.2 Å². The number of aromatic nitrogens is 1. The first-order chi connectivity index (χ1) is 18.1. The van der Waals surface area contributed by atoms with Gasteiger partial charge in [-0.1, -0.05) is 88.6 Å². The van der Waals surface area contributed by atoms with E-state index in [9.17, 15) is 9.59 Å². The Hall–Kier alpha value is -3.08. The molecule has 1 N–H and O–H groups in total. The van der Waals surface area contributed by atoms with Gasteiger partial charge in [-0.05, 0) is 50.3 Å². The predicted molar refractivity (Wildman–Crippen MR) is 153 cm³/mol. The highest BCUT2D eigenvalue weighted by Gasteiger charge is 2.16. The quantitative estimate of drug-likeness (QED) is 0.138. The number of carboxylic acids is 1.